The van der Waals surface area contributed by atoms with Crippen LogP contribution in [0.2, 0.25) is 0 Å². The Bertz CT molecular complexity index is 622. The van der Waals surface area contributed by atoms with Crippen molar-refractivity contribution in [2.75, 3.05) is 19.4 Å². The van der Waals surface area contributed by atoms with Gasteiger partial charge < -0.3 is 15.6 Å². The molecule has 1 aromatic carbocycles. The third-order valence-electron chi connectivity index (χ3n) is 2.28. The fourth-order valence-electron chi connectivity index (χ4n) is 1.24. The summed E-state index contributed by atoms with van der Waals surface area (Å²) in [5.74, 6) is -1.75. The number of benzene rings is 1. The van der Waals surface area contributed by atoms with Gasteiger partial charge in [-0.3, -0.25) is 0 Å². The highest BCUT2D eigenvalue weighted by molar-refractivity contribution is 9.10. The normalized spacial score (nSPS) is 13.0. The van der Waals surface area contributed by atoms with Crippen LogP contribution in [0.25, 0.3) is 0 Å². The van der Waals surface area contributed by atoms with E-state index in [1.54, 1.807) is 0 Å². The molecule has 0 saturated carbocycles. The molecule has 0 aromatic heterocycles. The van der Waals surface area contributed by atoms with Crippen molar-refractivity contribution in [2.24, 2.45) is 0 Å². The second kappa shape index (κ2) is 6.48. The van der Waals surface area contributed by atoms with Crippen LogP contribution < -0.4 is 10.5 Å². The van der Waals surface area contributed by atoms with Gasteiger partial charge >= 0.3 is 5.97 Å². The summed E-state index contributed by atoms with van der Waals surface area (Å²) in [7, 11) is -3.03. The second-order valence-electron chi connectivity index (χ2n) is 3.69. The zero-order valence-corrected chi connectivity index (χ0v) is 12.7. The zero-order valence-electron chi connectivity index (χ0n) is 10.3. The number of sulfonamides is 1. The van der Waals surface area contributed by atoms with Crippen molar-refractivity contribution in [3.05, 3.63) is 22.4 Å². The van der Waals surface area contributed by atoms with Crippen molar-refractivity contribution < 1.29 is 27.4 Å². The van der Waals surface area contributed by atoms with Gasteiger partial charge in [0.2, 0.25) is 10.0 Å². The van der Waals surface area contributed by atoms with Gasteiger partial charge in [0.05, 0.1) is 17.7 Å². The highest BCUT2D eigenvalue weighted by Crippen LogP contribution is 2.26. The average molecular weight is 371 g/mol. The first-order valence-electron chi connectivity index (χ1n) is 5.19. The van der Waals surface area contributed by atoms with Crippen LogP contribution >= 0.6 is 15.9 Å². The molecule has 0 aliphatic rings. The Balaban J connectivity index is 2.95. The van der Waals surface area contributed by atoms with Gasteiger partial charge in [0, 0.05) is 11.0 Å². The number of methoxy groups -OCH3 is 1. The summed E-state index contributed by atoms with van der Waals surface area (Å²) in [5.41, 5.74) is 4.96. The van der Waals surface area contributed by atoms with Crippen molar-refractivity contribution in [2.45, 2.75) is 11.0 Å². The Morgan fingerprint density at radius 3 is 2.75 bits per heavy atom. The molecule has 1 unspecified atom stereocenters. The van der Waals surface area contributed by atoms with Crippen LogP contribution in [-0.2, 0) is 19.6 Å². The van der Waals surface area contributed by atoms with E-state index >= 15 is 0 Å². The quantitative estimate of drug-likeness (QED) is 0.495. The highest BCUT2D eigenvalue weighted by Gasteiger charge is 2.23. The van der Waals surface area contributed by atoms with Gasteiger partial charge in [-0.2, -0.15) is 0 Å². The molecule has 0 aliphatic heterocycles. The minimum absolute atomic E-state index is 0.0377. The molecule has 0 saturated heterocycles. The van der Waals surface area contributed by atoms with Gasteiger partial charge in [0.25, 0.3) is 0 Å². The lowest BCUT2D eigenvalue weighted by Crippen LogP contribution is -2.37. The summed E-state index contributed by atoms with van der Waals surface area (Å²) >= 11 is 2.90. The number of nitrogen functional groups attached to an aromatic ring is 1. The standard InChI is InChI=1S/C10H12BrFN2O5S/c1-19-10(16)8(15)4-14-20(17,18)9-3-7(13)6(12)2-5(9)11/h2-3,8,14-15H,4,13H2,1H3. The highest BCUT2D eigenvalue weighted by atomic mass is 79.9. The Labute approximate surface area is 123 Å². The summed E-state index contributed by atoms with van der Waals surface area (Å²) in [5, 5.41) is 9.30. The number of nitrogens with two attached hydrogens (primary N) is 1. The number of aliphatic hydroxyl groups is 1. The number of ether oxygens (including phenoxy) is 1. The van der Waals surface area contributed by atoms with Crippen LogP contribution in [0.4, 0.5) is 10.1 Å². The lowest BCUT2D eigenvalue weighted by atomic mass is 10.3. The van der Waals surface area contributed by atoms with Crippen LogP contribution in [0.3, 0.4) is 0 Å². The molecule has 7 nitrogen and oxygen atoms in total. The Morgan fingerprint density at radius 1 is 1.60 bits per heavy atom. The van der Waals surface area contributed by atoms with E-state index < -0.39 is 34.5 Å². The Kier molecular flexibility index (Phi) is 5.45. The third kappa shape index (κ3) is 3.88. The maximum atomic E-state index is 13.1. The number of carbonyl (C=O) groups is 1. The molecule has 1 atom stereocenters. The van der Waals surface area contributed by atoms with Gasteiger partial charge in [-0.25, -0.2) is 22.3 Å². The number of halogens is 2. The summed E-state index contributed by atoms with van der Waals surface area (Å²) in [6.07, 6.45) is -1.65. The molecule has 0 heterocycles. The van der Waals surface area contributed by atoms with E-state index in [1.165, 1.54) is 0 Å². The molecule has 112 valence electrons. The van der Waals surface area contributed by atoms with Crippen LogP contribution in [0.1, 0.15) is 0 Å². The molecule has 0 aliphatic carbocycles. The van der Waals surface area contributed by atoms with Crippen molar-refractivity contribution in [3.63, 3.8) is 0 Å². The average Bonchev–Trinajstić information content (AvgIpc) is 2.39. The monoisotopic (exact) mass is 370 g/mol. The number of nitrogens with one attached hydrogen (secondary N) is 1. The first-order chi connectivity index (χ1) is 9.19. The largest absolute Gasteiger partial charge is 0.467 e. The summed E-state index contributed by atoms with van der Waals surface area (Å²) in [6.45, 7) is -0.585. The van der Waals surface area contributed by atoms with Crippen molar-refractivity contribution in [1.82, 2.24) is 4.72 Å². The van der Waals surface area contributed by atoms with Crippen molar-refractivity contribution in [3.8, 4) is 0 Å². The lowest BCUT2D eigenvalue weighted by Gasteiger charge is -2.12. The predicted molar refractivity (Wildman–Crippen MR) is 71.7 cm³/mol. The van der Waals surface area contributed by atoms with E-state index in [-0.39, 0.29) is 15.1 Å². The van der Waals surface area contributed by atoms with E-state index in [1.807, 2.05) is 4.72 Å². The molecule has 0 amide bonds. The second-order valence-corrected chi connectivity index (χ2v) is 6.28. The zero-order chi connectivity index (χ0) is 15.5. The van der Waals surface area contributed by atoms with E-state index in [9.17, 15) is 22.7 Å². The molecule has 20 heavy (non-hydrogen) atoms. The predicted octanol–water partition coefficient (Wildman–Crippen LogP) is -0.0174. The van der Waals surface area contributed by atoms with Gasteiger partial charge in [-0.15, -0.1) is 0 Å². The fraction of sp³-hybridized carbons (Fsp3) is 0.300. The summed E-state index contributed by atoms with van der Waals surface area (Å²) < 4.78 is 43.2. The molecule has 4 N–H and O–H groups in total. The number of esters is 1. The van der Waals surface area contributed by atoms with E-state index in [0.29, 0.717) is 0 Å². The first-order valence-corrected chi connectivity index (χ1v) is 7.46. The maximum Gasteiger partial charge on any atom is 0.336 e. The van der Waals surface area contributed by atoms with Gasteiger partial charge in [0.15, 0.2) is 6.10 Å². The number of rotatable bonds is 5. The van der Waals surface area contributed by atoms with Crippen LogP contribution in [0, 0.1) is 5.82 Å². The lowest BCUT2D eigenvalue weighted by molar-refractivity contribution is -0.149. The molecular formula is C10H12BrFN2O5S. The molecule has 0 radical (unpaired) electrons. The number of aliphatic hydroxyl groups excluding tert-OH is 1. The third-order valence-corrected chi connectivity index (χ3v) is 4.66. The topological polar surface area (TPSA) is 119 Å². The molecule has 0 bridgehead atoms. The number of carbonyl (C=O) groups excluding carboxylic acids is 1. The van der Waals surface area contributed by atoms with Gasteiger partial charge in [-0.05, 0) is 28.1 Å². The minimum atomic E-state index is -4.08. The minimum Gasteiger partial charge on any atom is -0.467 e. The number of hydrogen-bond acceptors (Lipinski definition) is 6. The van der Waals surface area contributed by atoms with Crippen LogP contribution in [0.5, 0.6) is 0 Å². The van der Waals surface area contributed by atoms with E-state index in [2.05, 4.69) is 20.7 Å². The summed E-state index contributed by atoms with van der Waals surface area (Å²) in [4.78, 5) is 10.6. The Hall–Kier alpha value is -1.23. The molecule has 10 heteroatoms. The van der Waals surface area contributed by atoms with Crippen LogP contribution in [-0.4, -0.2) is 39.3 Å². The van der Waals surface area contributed by atoms with Crippen molar-refractivity contribution in [1.29, 1.82) is 0 Å². The Morgan fingerprint density at radius 2 is 2.20 bits per heavy atom. The molecule has 0 fully saturated rings. The smallest absolute Gasteiger partial charge is 0.336 e. The molecule has 0 spiro atoms. The molecular weight excluding hydrogens is 359 g/mol. The fourth-order valence-corrected chi connectivity index (χ4v) is 3.32. The van der Waals surface area contributed by atoms with E-state index in [0.717, 1.165) is 19.2 Å². The maximum absolute atomic E-state index is 13.1. The van der Waals surface area contributed by atoms with E-state index in [4.69, 9.17) is 5.73 Å². The van der Waals surface area contributed by atoms with Crippen molar-refractivity contribution >= 4 is 37.6 Å². The molecule has 1 rings (SSSR count). The van der Waals surface area contributed by atoms with Gasteiger partial charge in [0.1, 0.15) is 5.82 Å². The summed E-state index contributed by atoms with van der Waals surface area (Å²) in [6, 6.07) is 1.83. The molecule has 1 aromatic rings. The SMILES string of the molecule is COC(=O)C(O)CNS(=O)(=O)c1cc(N)c(F)cc1Br. The van der Waals surface area contributed by atoms with Crippen LogP contribution in [0.15, 0.2) is 21.5 Å². The number of hydrogen-bond donors (Lipinski definition) is 3. The number of anilines is 1. The van der Waals surface area contributed by atoms with Gasteiger partial charge in [-0.1, -0.05) is 0 Å². The first kappa shape index (κ1) is 16.8.